The van der Waals surface area contributed by atoms with Gasteiger partial charge in [0.05, 0.1) is 0 Å². The van der Waals surface area contributed by atoms with Gasteiger partial charge in [-0.05, 0) is 11.8 Å². The molecule has 2 aliphatic heterocycles. The molecule has 2 fully saturated rings. The summed E-state index contributed by atoms with van der Waals surface area (Å²) >= 11 is 0. The molecule has 2 saturated heterocycles. The maximum atomic E-state index is 3.31. The van der Waals surface area contributed by atoms with Crippen LogP contribution in [0.25, 0.3) is 0 Å². The smallest absolute Gasteiger partial charge is 0.00342 e. The summed E-state index contributed by atoms with van der Waals surface area (Å²) in [6, 6.07) is 0. The van der Waals surface area contributed by atoms with Gasteiger partial charge >= 0.3 is 0 Å². The standard InChI is InChI=1S/C9H18N2/c1-2-8-5-11(6-8)7-9-3-10-4-9/h8-10H,2-7H2,1H3. The van der Waals surface area contributed by atoms with E-state index in [1.54, 1.807) is 0 Å². The Balaban J connectivity index is 1.59. The highest BCUT2D eigenvalue weighted by Crippen LogP contribution is 2.20. The maximum Gasteiger partial charge on any atom is 0.00342 e. The largest absolute Gasteiger partial charge is 0.316 e. The van der Waals surface area contributed by atoms with Gasteiger partial charge in [-0.15, -0.1) is 0 Å². The minimum atomic E-state index is 0.966. The number of likely N-dealkylation sites (tertiary alicyclic amines) is 1. The van der Waals surface area contributed by atoms with E-state index in [1.807, 2.05) is 0 Å². The second kappa shape index (κ2) is 3.11. The van der Waals surface area contributed by atoms with Crippen LogP contribution >= 0.6 is 0 Å². The second-order valence-corrected chi connectivity index (χ2v) is 4.02. The summed E-state index contributed by atoms with van der Waals surface area (Å²) in [5.41, 5.74) is 0. The lowest BCUT2D eigenvalue weighted by atomic mass is 9.94. The van der Waals surface area contributed by atoms with E-state index in [-0.39, 0.29) is 0 Å². The molecular weight excluding hydrogens is 136 g/mol. The fourth-order valence-electron chi connectivity index (χ4n) is 1.93. The van der Waals surface area contributed by atoms with Gasteiger partial charge in [0.1, 0.15) is 0 Å². The van der Waals surface area contributed by atoms with E-state index < -0.39 is 0 Å². The highest BCUT2D eigenvalue weighted by Gasteiger charge is 2.28. The maximum absolute atomic E-state index is 3.31. The third-order valence-electron chi connectivity index (χ3n) is 2.99. The molecule has 2 heterocycles. The van der Waals surface area contributed by atoms with Crippen LogP contribution in [0.5, 0.6) is 0 Å². The van der Waals surface area contributed by atoms with Crippen LogP contribution in [0.2, 0.25) is 0 Å². The van der Waals surface area contributed by atoms with Crippen molar-refractivity contribution < 1.29 is 0 Å². The van der Waals surface area contributed by atoms with E-state index in [0.29, 0.717) is 0 Å². The minimum absolute atomic E-state index is 0.966. The highest BCUT2D eigenvalue weighted by atomic mass is 15.2. The summed E-state index contributed by atoms with van der Waals surface area (Å²) in [6.07, 6.45) is 1.37. The van der Waals surface area contributed by atoms with Crippen molar-refractivity contribution in [3.05, 3.63) is 0 Å². The Morgan fingerprint density at radius 1 is 1.27 bits per heavy atom. The molecule has 2 rings (SSSR count). The van der Waals surface area contributed by atoms with Crippen molar-refractivity contribution in [3.8, 4) is 0 Å². The third kappa shape index (κ3) is 1.57. The van der Waals surface area contributed by atoms with E-state index in [2.05, 4.69) is 17.1 Å². The first-order valence-corrected chi connectivity index (χ1v) is 4.81. The first-order chi connectivity index (χ1) is 5.38. The van der Waals surface area contributed by atoms with Crippen LogP contribution in [-0.2, 0) is 0 Å². The molecule has 0 aliphatic carbocycles. The number of rotatable bonds is 3. The predicted octanol–water partition coefficient (Wildman–Crippen LogP) is 0.548. The molecule has 0 aromatic rings. The Bertz CT molecular complexity index is 126. The average Bonchev–Trinajstić information content (AvgIpc) is 1.81. The van der Waals surface area contributed by atoms with Gasteiger partial charge in [-0.2, -0.15) is 0 Å². The normalized spacial score (nSPS) is 28.1. The fraction of sp³-hybridized carbons (Fsp3) is 1.00. The van der Waals surface area contributed by atoms with Crippen LogP contribution in [0.1, 0.15) is 13.3 Å². The van der Waals surface area contributed by atoms with E-state index >= 15 is 0 Å². The molecule has 0 amide bonds. The van der Waals surface area contributed by atoms with Crippen LogP contribution in [0, 0.1) is 11.8 Å². The highest BCUT2D eigenvalue weighted by molar-refractivity contribution is 4.84. The van der Waals surface area contributed by atoms with Gasteiger partial charge in [0.25, 0.3) is 0 Å². The average molecular weight is 154 g/mol. The van der Waals surface area contributed by atoms with E-state index in [9.17, 15) is 0 Å². The summed E-state index contributed by atoms with van der Waals surface area (Å²) in [5, 5.41) is 3.31. The molecule has 0 aromatic carbocycles. The summed E-state index contributed by atoms with van der Waals surface area (Å²) < 4.78 is 0. The summed E-state index contributed by atoms with van der Waals surface area (Å²) in [7, 11) is 0. The molecule has 2 heteroatoms. The Morgan fingerprint density at radius 2 is 2.00 bits per heavy atom. The molecule has 0 radical (unpaired) electrons. The SMILES string of the molecule is CCC1CN(CC2CNC2)C1. The van der Waals surface area contributed by atoms with Gasteiger partial charge in [0, 0.05) is 32.7 Å². The van der Waals surface area contributed by atoms with Gasteiger partial charge < -0.3 is 10.2 Å². The first-order valence-electron chi connectivity index (χ1n) is 4.81. The van der Waals surface area contributed by atoms with Crippen molar-refractivity contribution in [2.45, 2.75) is 13.3 Å². The fourth-order valence-corrected chi connectivity index (χ4v) is 1.93. The number of nitrogens with one attached hydrogen (secondary N) is 1. The minimum Gasteiger partial charge on any atom is -0.316 e. The molecule has 0 saturated carbocycles. The van der Waals surface area contributed by atoms with Gasteiger partial charge in [0.2, 0.25) is 0 Å². The van der Waals surface area contributed by atoms with Crippen LogP contribution in [0.15, 0.2) is 0 Å². The Kier molecular flexibility index (Phi) is 2.14. The van der Waals surface area contributed by atoms with Crippen LogP contribution in [0.4, 0.5) is 0 Å². The molecule has 2 aliphatic rings. The predicted molar refractivity (Wildman–Crippen MR) is 46.6 cm³/mol. The molecule has 64 valence electrons. The molecule has 0 atom stereocenters. The summed E-state index contributed by atoms with van der Waals surface area (Å²) in [5.74, 6) is 1.98. The summed E-state index contributed by atoms with van der Waals surface area (Å²) in [4.78, 5) is 2.60. The Labute approximate surface area is 69.0 Å². The summed E-state index contributed by atoms with van der Waals surface area (Å²) in [6.45, 7) is 8.90. The molecule has 0 aromatic heterocycles. The Morgan fingerprint density at radius 3 is 2.45 bits per heavy atom. The van der Waals surface area contributed by atoms with Crippen LogP contribution in [-0.4, -0.2) is 37.6 Å². The first kappa shape index (κ1) is 7.56. The third-order valence-corrected chi connectivity index (χ3v) is 2.99. The van der Waals surface area contributed by atoms with Crippen molar-refractivity contribution in [2.24, 2.45) is 11.8 Å². The quantitative estimate of drug-likeness (QED) is 0.638. The van der Waals surface area contributed by atoms with Crippen LogP contribution in [0.3, 0.4) is 0 Å². The van der Waals surface area contributed by atoms with Crippen molar-refractivity contribution in [3.63, 3.8) is 0 Å². The molecule has 0 spiro atoms. The van der Waals surface area contributed by atoms with E-state index in [4.69, 9.17) is 0 Å². The zero-order chi connectivity index (χ0) is 7.68. The second-order valence-electron chi connectivity index (χ2n) is 4.02. The number of nitrogens with zero attached hydrogens (tertiary/aromatic N) is 1. The zero-order valence-electron chi connectivity index (χ0n) is 7.34. The van der Waals surface area contributed by atoms with Crippen LogP contribution < -0.4 is 5.32 Å². The monoisotopic (exact) mass is 154 g/mol. The molecular formula is C9H18N2. The molecule has 0 unspecified atom stereocenters. The van der Waals surface area contributed by atoms with Crippen molar-refractivity contribution in [1.29, 1.82) is 0 Å². The molecule has 1 N–H and O–H groups in total. The van der Waals surface area contributed by atoms with Gasteiger partial charge in [-0.1, -0.05) is 13.3 Å². The topological polar surface area (TPSA) is 15.3 Å². The lowest BCUT2D eigenvalue weighted by molar-refractivity contribution is 0.0679. The van der Waals surface area contributed by atoms with Crippen molar-refractivity contribution in [1.82, 2.24) is 10.2 Å². The lowest BCUT2D eigenvalue weighted by Crippen LogP contribution is -2.54. The van der Waals surface area contributed by atoms with Crippen molar-refractivity contribution in [2.75, 3.05) is 32.7 Å². The van der Waals surface area contributed by atoms with Gasteiger partial charge in [-0.25, -0.2) is 0 Å². The molecule has 0 bridgehead atoms. The lowest BCUT2D eigenvalue weighted by Gasteiger charge is -2.42. The van der Waals surface area contributed by atoms with E-state index in [0.717, 1.165) is 11.8 Å². The van der Waals surface area contributed by atoms with Crippen molar-refractivity contribution >= 4 is 0 Å². The number of hydrogen-bond donors (Lipinski definition) is 1. The van der Waals surface area contributed by atoms with E-state index in [1.165, 1.54) is 39.1 Å². The molecule has 11 heavy (non-hydrogen) atoms. The van der Waals surface area contributed by atoms with Gasteiger partial charge in [-0.3, -0.25) is 0 Å². The number of hydrogen-bond acceptors (Lipinski definition) is 2. The molecule has 2 nitrogen and oxygen atoms in total. The zero-order valence-corrected chi connectivity index (χ0v) is 7.34. The van der Waals surface area contributed by atoms with Gasteiger partial charge in [0.15, 0.2) is 0 Å². The Hall–Kier alpha value is -0.0800.